The predicted molar refractivity (Wildman–Crippen MR) is 105 cm³/mol. The van der Waals surface area contributed by atoms with Crippen LogP contribution in [-0.4, -0.2) is 17.0 Å². The summed E-state index contributed by atoms with van der Waals surface area (Å²) >= 11 is 0. The van der Waals surface area contributed by atoms with Gasteiger partial charge in [0, 0.05) is 12.5 Å². The summed E-state index contributed by atoms with van der Waals surface area (Å²) in [5.74, 6) is 2.17. The fraction of sp³-hybridized carbons (Fsp3) is 0.783. The predicted octanol–water partition coefficient (Wildman–Crippen LogP) is 6.00. The van der Waals surface area contributed by atoms with Gasteiger partial charge in [0.05, 0.1) is 0 Å². The van der Waals surface area contributed by atoms with E-state index in [9.17, 15) is 4.79 Å². The first-order chi connectivity index (χ1) is 11.9. The second-order valence-corrected chi connectivity index (χ2v) is 8.53. The van der Waals surface area contributed by atoms with Crippen molar-refractivity contribution in [1.82, 2.24) is 0 Å². The SMILES string of the molecule is CC.CC(C)O.CC12CCCC1C1CCC3=CC(=O)CCC3=C1CC2. The molecule has 0 aromatic rings. The van der Waals surface area contributed by atoms with Crippen LogP contribution in [0.3, 0.4) is 0 Å². The van der Waals surface area contributed by atoms with E-state index in [2.05, 4.69) is 6.92 Å². The number of aliphatic hydroxyl groups excluding tert-OH is 1. The van der Waals surface area contributed by atoms with Gasteiger partial charge in [0.15, 0.2) is 5.78 Å². The summed E-state index contributed by atoms with van der Waals surface area (Å²) in [5, 5.41) is 8.06. The Kier molecular flexibility index (Phi) is 7.08. The van der Waals surface area contributed by atoms with E-state index in [-0.39, 0.29) is 6.10 Å². The number of fused-ring (bicyclic) bond motifs is 4. The maximum absolute atomic E-state index is 11.6. The first-order valence-electron chi connectivity index (χ1n) is 10.5. The molecule has 25 heavy (non-hydrogen) atoms. The van der Waals surface area contributed by atoms with Crippen LogP contribution in [0.1, 0.15) is 92.4 Å². The van der Waals surface area contributed by atoms with E-state index in [1.54, 1.807) is 25.0 Å². The molecule has 0 heterocycles. The zero-order chi connectivity index (χ0) is 18.6. The van der Waals surface area contributed by atoms with Gasteiger partial charge < -0.3 is 5.11 Å². The molecule has 0 spiro atoms. The molecule has 2 heteroatoms. The van der Waals surface area contributed by atoms with Crippen molar-refractivity contribution in [1.29, 1.82) is 0 Å². The van der Waals surface area contributed by atoms with Crippen LogP contribution in [-0.2, 0) is 4.79 Å². The van der Waals surface area contributed by atoms with Crippen LogP contribution in [0, 0.1) is 17.3 Å². The molecule has 2 saturated carbocycles. The Morgan fingerprint density at radius 3 is 2.44 bits per heavy atom. The van der Waals surface area contributed by atoms with Crippen molar-refractivity contribution in [2.75, 3.05) is 0 Å². The number of rotatable bonds is 0. The molecule has 4 aliphatic rings. The largest absolute Gasteiger partial charge is 0.394 e. The molecule has 0 radical (unpaired) electrons. The van der Waals surface area contributed by atoms with E-state index >= 15 is 0 Å². The highest BCUT2D eigenvalue weighted by molar-refractivity contribution is 5.93. The van der Waals surface area contributed by atoms with Crippen LogP contribution in [0.4, 0.5) is 0 Å². The topological polar surface area (TPSA) is 37.3 Å². The second-order valence-electron chi connectivity index (χ2n) is 8.53. The number of aliphatic hydroxyl groups is 1. The third-order valence-corrected chi connectivity index (χ3v) is 6.51. The van der Waals surface area contributed by atoms with Gasteiger partial charge >= 0.3 is 0 Å². The monoisotopic (exact) mass is 346 g/mol. The highest BCUT2D eigenvalue weighted by Gasteiger charge is 2.48. The number of allylic oxidation sites excluding steroid dienone is 4. The van der Waals surface area contributed by atoms with Gasteiger partial charge in [-0.2, -0.15) is 0 Å². The van der Waals surface area contributed by atoms with Gasteiger partial charge in [0.1, 0.15) is 0 Å². The zero-order valence-corrected chi connectivity index (χ0v) is 17.0. The van der Waals surface area contributed by atoms with Gasteiger partial charge in [-0.05, 0) is 93.3 Å². The summed E-state index contributed by atoms with van der Waals surface area (Å²) in [6.07, 6.45) is 13.2. The van der Waals surface area contributed by atoms with Crippen LogP contribution in [0.25, 0.3) is 0 Å². The summed E-state index contributed by atoms with van der Waals surface area (Å²) in [4.78, 5) is 11.6. The summed E-state index contributed by atoms with van der Waals surface area (Å²) in [7, 11) is 0. The number of ketones is 1. The number of hydrogen-bond donors (Lipinski definition) is 1. The van der Waals surface area contributed by atoms with Crippen LogP contribution in [0.15, 0.2) is 22.8 Å². The van der Waals surface area contributed by atoms with E-state index in [1.807, 2.05) is 19.9 Å². The third-order valence-electron chi connectivity index (χ3n) is 6.51. The maximum atomic E-state index is 11.6. The smallest absolute Gasteiger partial charge is 0.156 e. The van der Waals surface area contributed by atoms with Gasteiger partial charge in [-0.15, -0.1) is 0 Å². The lowest BCUT2D eigenvalue weighted by Gasteiger charge is -2.47. The molecule has 4 aliphatic carbocycles. The lowest BCUT2D eigenvalue weighted by molar-refractivity contribution is -0.114. The fourth-order valence-corrected chi connectivity index (χ4v) is 5.52. The summed E-state index contributed by atoms with van der Waals surface area (Å²) in [5.41, 5.74) is 5.43. The molecule has 0 aromatic heterocycles. The highest BCUT2D eigenvalue weighted by Crippen LogP contribution is 2.59. The van der Waals surface area contributed by atoms with E-state index in [0.717, 1.165) is 24.7 Å². The Hall–Kier alpha value is -0.890. The first-order valence-corrected chi connectivity index (χ1v) is 10.5. The molecule has 1 N–H and O–H groups in total. The molecule has 3 unspecified atom stereocenters. The number of carbonyl (C=O) groups is 1. The van der Waals surface area contributed by atoms with Gasteiger partial charge in [0.2, 0.25) is 0 Å². The zero-order valence-electron chi connectivity index (χ0n) is 17.0. The van der Waals surface area contributed by atoms with E-state index in [1.165, 1.54) is 50.5 Å². The molecule has 4 rings (SSSR count). The highest BCUT2D eigenvalue weighted by atomic mass is 16.3. The molecule has 0 bridgehead atoms. The van der Waals surface area contributed by atoms with Gasteiger partial charge in [0.25, 0.3) is 0 Å². The minimum atomic E-state index is -0.167. The lowest BCUT2D eigenvalue weighted by Crippen LogP contribution is -2.36. The molecule has 3 atom stereocenters. The molecular formula is C23H38O2. The van der Waals surface area contributed by atoms with Crippen molar-refractivity contribution in [2.24, 2.45) is 17.3 Å². The van der Waals surface area contributed by atoms with Gasteiger partial charge in [-0.25, -0.2) is 0 Å². The standard InChI is InChI=1S/C18H24O.C3H8O.C2H6/c1-18-9-2-3-17(18)16-6-4-12-11-13(19)5-7-14(12)15(16)8-10-18;1-3(2)4;1-2/h11,16-17H,2-10H2,1H3;3-4H,1-2H3;1-2H3. The average Bonchev–Trinajstić information content (AvgIpc) is 2.97. The van der Waals surface area contributed by atoms with Gasteiger partial charge in [-0.3, -0.25) is 4.79 Å². The van der Waals surface area contributed by atoms with Crippen LogP contribution in [0.2, 0.25) is 0 Å². The van der Waals surface area contributed by atoms with Crippen molar-refractivity contribution in [3.8, 4) is 0 Å². The normalized spacial score (nSPS) is 33.2. The molecule has 0 aromatic carbocycles. The Bertz CT molecular complexity index is 538. The molecule has 0 amide bonds. The van der Waals surface area contributed by atoms with Crippen LogP contribution in [0.5, 0.6) is 0 Å². The molecule has 0 aliphatic heterocycles. The molecule has 142 valence electrons. The van der Waals surface area contributed by atoms with Crippen LogP contribution < -0.4 is 0 Å². The Labute approximate surface area is 154 Å². The van der Waals surface area contributed by atoms with Crippen molar-refractivity contribution in [3.05, 3.63) is 22.8 Å². The quantitative estimate of drug-likeness (QED) is 0.584. The van der Waals surface area contributed by atoms with Crippen LogP contribution >= 0.6 is 0 Å². The fourth-order valence-electron chi connectivity index (χ4n) is 5.52. The molecular weight excluding hydrogens is 308 g/mol. The first kappa shape index (κ1) is 20.4. The number of carbonyl (C=O) groups excluding carboxylic acids is 1. The van der Waals surface area contributed by atoms with E-state index in [0.29, 0.717) is 11.2 Å². The Morgan fingerprint density at radius 1 is 1.08 bits per heavy atom. The maximum Gasteiger partial charge on any atom is 0.156 e. The summed E-state index contributed by atoms with van der Waals surface area (Å²) in [6, 6.07) is 0. The lowest BCUT2D eigenvalue weighted by atomic mass is 9.58. The molecule has 2 nitrogen and oxygen atoms in total. The van der Waals surface area contributed by atoms with Crippen molar-refractivity contribution >= 4 is 5.78 Å². The third kappa shape index (κ3) is 4.45. The average molecular weight is 347 g/mol. The molecule has 2 fully saturated rings. The van der Waals surface area contributed by atoms with Crippen molar-refractivity contribution in [3.63, 3.8) is 0 Å². The Morgan fingerprint density at radius 2 is 1.76 bits per heavy atom. The second kappa shape index (κ2) is 8.66. The molecule has 0 saturated heterocycles. The van der Waals surface area contributed by atoms with E-state index < -0.39 is 0 Å². The van der Waals surface area contributed by atoms with E-state index in [4.69, 9.17) is 5.11 Å². The number of hydrogen-bond acceptors (Lipinski definition) is 2. The summed E-state index contributed by atoms with van der Waals surface area (Å²) < 4.78 is 0. The minimum absolute atomic E-state index is 0.167. The Balaban J connectivity index is 0.000000334. The van der Waals surface area contributed by atoms with Crippen molar-refractivity contribution < 1.29 is 9.90 Å². The van der Waals surface area contributed by atoms with Gasteiger partial charge in [-0.1, -0.05) is 32.8 Å². The minimum Gasteiger partial charge on any atom is -0.394 e. The summed E-state index contributed by atoms with van der Waals surface area (Å²) in [6.45, 7) is 9.99. The van der Waals surface area contributed by atoms with Crippen molar-refractivity contribution in [2.45, 2.75) is 98.5 Å².